The van der Waals surface area contributed by atoms with E-state index in [2.05, 4.69) is 26.2 Å². The van der Waals surface area contributed by atoms with E-state index >= 15 is 0 Å². The van der Waals surface area contributed by atoms with Crippen LogP contribution < -0.4 is 14.4 Å². The van der Waals surface area contributed by atoms with Crippen molar-refractivity contribution in [3.05, 3.63) is 53.7 Å². The number of hydrogen-bond donors (Lipinski definition) is 0. The van der Waals surface area contributed by atoms with Crippen molar-refractivity contribution in [2.45, 2.75) is 6.54 Å². The number of anilines is 1. The summed E-state index contributed by atoms with van der Waals surface area (Å²) in [6.07, 6.45) is 1.85. The van der Waals surface area contributed by atoms with Crippen LogP contribution in [0.1, 0.15) is 5.69 Å². The van der Waals surface area contributed by atoms with Gasteiger partial charge in [-0.15, -0.1) is 11.3 Å². The fourth-order valence-electron chi connectivity index (χ4n) is 3.39. The molecule has 1 aliphatic rings. The monoisotopic (exact) mass is 396 g/mol. The number of rotatable bonds is 6. The maximum atomic E-state index is 5.41. The molecule has 0 bridgehead atoms. The van der Waals surface area contributed by atoms with Crippen molar-refractivity contribution in [2.75, 3.05) is 45.3 Å². The molecule has 2 aromatic heterocycles. The van der Waals surface area contributed by atoms with Gasteiger partial charge in [0.05, 0.1) is 19.9 Å². The molecule has 1 aliphatic heterocycles. The topological polar surface area (TPSA) is 50.7 Å². The van der Waals surface area contributed by atoms with Crippen LogP contribution >= 0.6 is 11.3 Å². The van der Waals surface area contributed by atoms with Crippen LogP contribution in [0.5, 0.6) is 11.5 Å². The molecule has 0 aliphatic carbocycles. The first-order chi connectivity index (χ1) is 13.8. The molecule has 0 amide bonds. The third-order valence-corrected chi connectivity index (χ3v) is 5.85. The van der Waals surface area contributed by atoms with Crippen molar-refractivity contribution >= 4 is 17.2 Å². The molecule has 3 aromatic rings. The van der Waals surface area contributed by atoms with Crippen LogP contribution in [0, 0.1) is 0 Å². The summed E-state index contributed by atoms with van der Waals surface area (Å²) in [5.74, 6) is 2.52. The normalized spacial score (nSPS) is 14.9. The summed E-state index contributed by atoms with van der Waals surface area (Å²) in [6.45, 7) is 4.88. The van der Waals surface area contributed by atoms with Crippen LogP contribution in [0.4, 0.5) is 5.82 Å². The molecule has 0 atom stereocenters. The van der Waals surface area contributed by atoms with Gasteiger partial charge < -0.3 is 14.4 Å². The van der Waals surface area contributed by atoms with Crippen molar-refractivity contribution in [3.63, 3.8) is 0 Å². The Morgan fingerprint density at radius 2 is 1.82 bits per heavy atom. The molecule has 28 heavy (non-hydrogen) atoms. The quantitative estimate of drug-likeness (QED) is 0.635. The Morgan fingerprint density at radius 1 is 1.00 bits per heavy atom. The van der Waals surface area contributed by atoms with Crippen LogP contribution in [0.3, 0.4) is 0 Å². The zero-order valence-corrected chi connectivity index (χ0v) is 17.0. The minimum atomic E-state index is 0.724. The van der Waals surface area contributed by atoms with Gasteiger partial charge in [-0.3, -0.25) is 4.90 Å². The fraction of sp³-hybridized carbons (Fsp3) is 0.333. The predicted molar refractivity (Wildman–Crippen MR) is 112 cm³/mol. The van der Waals surface area contributed by atoms with Gasteiger partial charge in [-0.25, -0.2) is 9.97 Å². The number of aromatic nitrogens is 2. The largest absolute Gasteiger partial charge is 0.493 e. The van der Waals surface area contributed by atoms with E-state index in [4.69, 9.17) is 14.5 Å². The predicted octanol–water partition coefficient (Wildman–Crippen LogP) is 3.54. The summed E-state index contributed by atoms with van der Waals surface area (Å²) >= 11 is 1.67. The number of piperazine rings is 1. The minimum Gasteiger partial charge on any atom is -0.493 e. The van der Waals surface area contributed by atoms with Gasteiger partial charge in [-0.2, -0.15) is 0 Å². The Labute approximate surface area is 169 Å². The third kappa shape index (κ3) is 4.10. The summed E-state index contributed by atoms with van der Waals surface area (Å²) in [4.78, 5) is 14.1. The molecule has 0 N–H and O–H groups in total. The third-order valence-electron chi connectivity index (χ3n) is 4.91. The smallest absolute Gasteiger partial charge is 0.161 e. The van der Waals surface area contributed by atoms with E-state index < -0.39 is 0 Å². The second-order valence-corrected chi connectivity index (χ2v) is 7.52. The highest BCUT2D eigenvalue weighted by Gasteiger charge is 2.19. The molecule has 1 fully saturated rings. The van der Waals surface area contributed by atoms with E-state index in [9.17, 15) is 0 Å². The Kier molecular flexibility index (Phi) is 5.73. The van der Waals surface area contributed by atoms with Gasteiger partial charge in [0, 0.05) is 49.9 Å². The zero-order valence-electron chi connectivity index (χ0n) is 16.2. The molecule has 1 aromatic carbocycles. The fourth-order valence-corrected chi connectivity index (χ4v) is 4.19. The van der Waals surface area contributed by atoms with E-state index in [1.165, 1.54) is 0 Å². The number of methoxy groups -OCH3 is 2. The lowest BCUT2D eigenvalue weighted by Gasteiger charge is -2.35. The van der Waals surface area contributed by atoms with Gasteiger partial charge in [0.25, 0.3) is 0 Å². The molecule has 0 unspecified atom stereocenters. The molecule has 6 nitrogen and oxygen atoms in total. The summed E-state index contributed by atoms with van der Waals surface area (Å²) in [6, 6.07) is 12.0. The number of ether oxygens (including phenoxy) is 2. The van der Waals surface area contributed by atoms with E-state index in [1.54, 1.807) is 25.6 Å². The van der Waals surface area contributed by atoms with Crippen LogP contribution in [-0.4, -0.2) is 55.3 Å². The first-order valence-corrected chi connectivity index (χ1v) is 10.2. The van der Waals surface area contributed by atoms with Gasteiger partial charge in [0.15, 0.2) is 11.5 Å². The van der Waals surface area contributed by atoms with Crippen molar-refractivity contribution < 1.29 is 9.47 Å². The molecule has 0 radical (unpaired) electrons. The van der Waals surface area contributed by atoms with Crippen LogP contribution in [0.25, 0.3) is 10.6 Å². The van der Waals surface area contributed by atoms with Crippen molar-refractivity contribution in [3.8, 4) is 22.1 Å². The molecular weight excluding hydrogens is 372 g/mol. The Hall–Kier alpha value is -2.64. The minimum absolute atomic E-state index is 0.724. The second-order valence-electron chi connectivity index (χ2n) is 6.66. The number of benzene rings is 1. The average Bonchev–Trinajstić information content (AvgIpc) is 3.23. The van der Waals surface area contributed by atoms with Crippen LogP contribution in [0.2, 0.25) is 0 Å². The molecule has 4 rings (SSSR count). The summed E-state index contributed by atoms with van der Waals surface area (Å²) in [7, 11) is 3.30. The summed E-state index contributed by atoms with van der Waals surface area (Å²) < 4.78 is 10.7. The molecule has 1 saturated heterocycles. The van der Waals surface area contributed by atoms with Gasteiger partial charge in [0.2, 0.25) is 0 Å². The van der Waals surface area contributed by atoms with E-state index in [0.29, 0.717) is 0 Å². The molecule has 0 saturated carbocycles. The SMILES string of the molecule is COc1ccc(-c2nc(CN3CCN(c4ccccn4)CC3)cs2)cc1OC. The average molecular weight is 397 g/mol. The highest BCUT2D eigenvalue weighted by molar-refractivity contribution is 7.13. The van der Waals surface area contributed by atoms with Gasteiger partial charge in [-0.05, 0) is 30.3 Å². The number of thiazole rings is 1. The first kappa shape index (κ1) is 18.7. The van der Waals surface area contributed by atoms with E-state index in [1.807, 2.05) is 36.5 Å². The number of nitrogens with zero attached hydrogens (tertiary/aromatic N) is 4. The van der Waals surface area contributed by atoms with E-state index in [-0.39, 0.29) is 0 Å². The molecule has 3 heterocycles. The van der Waals surface area contributed by atoms with Gasteiger partial charge in [-0.1, -0.05) is 6.07 Å². The van der Waals surface area contributed by atoms with E-state index in [0.717, 1.165) is 66.3 Å². The summed E-state index contributed by atoms with van der Waals surface area (Å²) in [5.41, 5.74) is 2.16. The number of pyridine rings is 1. The highest BCUT2D eigenvalue weighted by atomic mass is 32.1. The van der Waals surface area contributed by atoms with Gasteiger partial charge >= 0.3 is 0 Å². The van der Waals surface area contributed by atoms with Crippen molar-refractivity contribution in [1.82, 2.24) is 14.9 Å². The van der Waals surface area contributed by atoms with Crippen LogP contribution in [-0.2, 0) is 6.54 Å². The molecule has 0 spiro atoms. The molecule has 7 heteroatoms. The Bertz CT molecular complexity index is 908. The standard InChI is InChI=1S/C21H24N4O2S/c1-26-18-7-6-16(13-19(18)27-2)21-23-17(15-28-21)14-24-9-11-25(12-10-24)20-5-3-4-8-22-20/h3-8,13,15H,9-12,14H2,1-2H3. The first-order valence-electron chi connectivity index (χ1n) is 9.32. The lowest BCUT2D eigenvalue weighted by molar-refractivity contribution is 0.247. The summed E-state index contributed by atoms with van der Waals surface area (Å²) in [5, 5.41) is 3.15. The molecule has 146 valence electrons. The lowest BCUT2D eigenvalue weighted by atomic mass is 10.2. The highest BCUT2D eigenvalue weighted by Crippen LogP contribution is 2.33. The Morgan fingerprint density at radius 3 is 2.54 bits per heavy atom. The number of hydrogen-bond acceptors (Lipinski definition) is 7. The zero-order chi connectivity index (χ0) is 19.3. The maximum absolute atomic E-state index is 5.41. The Balaban J connectivity index is 1.38. The van der Waals surface area contributed by atoms with Gasteiger partial charge in [0.1, 0.15) is 10.8 Å². The maximum Gasteiger partial charge on any atom is 0.161 e. The van der Waals surface area contributed by atoms with Crippen molar-refractivity contribution in [2.24, 2.45) is 0 Å². The lowest BCUT2D eigenvalue weighted by Crippen LogP contribution is -2.46. The van der Waals surface area contributed by atoms with Crippen molar-refractivity contribution in [1.29, 1.82) is 0 Å². The molecular formula is C21H24N4O2S. The second kappa shape index (κ2) is 8.58. The van der Waals surface area contributed by atoms with Crippen LogP contribution in [0.15, 0.2) is 48.0 Å².